The zero-order valence-corrected chi connectivity index (χ0v) is 23.5. The van der Waals surface area contributed by atoms with Gasteiger partial charge >= 0.3 is 5.97 Å². The number of aromatic amines is 2. The second-order valence-electron chi connectivity index (χ2n) is 9.85. The summed E-state index contributed by atoms with van der Waals surface area (Å²) < 4.78 is 0. The Bertz CT molecular complexity index is 1510. The molecular weight excluding hydrogens is 558 g/mol. The molecule has 0 fully saturated rings. The van der Waals surface area contributed by atoms with E-state index in [-0.39, 0.29) is 25.0 Å². The van der Waals surface area contributed by atoms with E-state index in [1.807, 2.05) is 24.3 Å². The molecule has 0 spiro atoms. The quantitative estimate of drug-likeness (QED) is 0.0989. The Morgan fingerprint density at radius 1 is 0.833 bits per heavy atom. The Hall–Kier alpha value is -4.62. The van der Waals surface area contributed by atoms with Gasteiger partial charge in [-0.15, -0.1) is 0 Å². The van der Waals surface area contributed by atoms with Gasteiger partial charge in [-0.25, -0.2) is 9.78 Å². The van der Waals surface area contributed by atoms with Gasteiger partial charge in [0.2, 0.25) is 17.7 Å². The summed E-state index contributed by atoms with van der Waals surface area (Å²) in [5, 5.41) is 18.4. The SMILES string of the molecule is NC(Cc1c[nH]c2ccccc12)C(=O)NC(Cc1cnc[nH]1)C(=O)NC(CS)C(=O)NC(Cc1ccccc1)C(=O)O. The normalized spacial score (nSPS) is 14.0. The molecule has 0 aliphatic carbocycles. The van der Waals surface area contributed by atoms with Crippen molar-refractivity contribution < 1.29 is 24.3 Å². The molecule has 4 aromatic rings. The summed E-state index contributed by atoms with van der Waals surface area (Å²) in [4.78, 5) is 61.3. The molecule has 42 heavy (non-hydrogen) atoms. The number of aromatic nitrogens is 3. The third-order valence-electron chi connectivity index (χ3n) is 6.78. The van der Waals surface area contributed by atoms with Crippen LogP contribution in [0.2, 0.25) is 0 Å². The van der Waals surface area contributed by atoms with Gasteiger partial charge in [-0.1, -0.05) is 48.5 Å². The van der Waals surface area contributed by atoms with Crippen LogP contribution in [-0.2, 0) is 38.4 Å². The van der Waals surface area contributed by atoms with Gasteiger partial charge in [0.25, 0.3) is 0 Å². The summed E-state index contributed by atoms with van der Waals surface area (Å²) in [6.45, 7) is 0. The maximum absolute atomic E-state index is 13.4. The van der Waals surface area contributed by atoms with Crippen LogP contribution in [0.1, 0.15) is 16.8 Å². The molecule has 2 aromatic carbocycles. The van der Waals surface area contributed by atoms with Crippen LogP contribution in [0.15, 0.2) is 73.3 Å². The van der Waals surface area contributed by atoms with Crippen LogP contribution in [0.3, 0.4) is 0 Å². The molecule has 8 N–H and O–H groups in total. The minimum atomic E-state index is -1.22. The number of nitrogens with one attached hydrogen (secondary N) is 5. The number of aliphatic carboxylic acids is 1. The van der Waals surface area contributed by atoms with Gasteiger partial charge in [-0.3, -0.25) is 14.4 Å². The molecule has 2 aromatic heterocycles. The highest BCUT2D eigenvalue weighted by Gasteiger charge is 2.30. The van der Waals surface area contributed by atoms with Crippen molar-refractivity contribution in [2.75, 3.05) is 5.75 Å². The lowest BCUT2D eigenvalue weighted by molar-refractivity contribution is -0.142. The van der Waals surface area contributed by atoms with Gasteiger partial charge in [-0.05, 0) is 23.6 Å². The lowest BCUT2D eigenvalue weighted by Gasteiger charge is -2.24. The second kappa shape index (κ2) is 14.3. The van der Waals surface area contributed by atoms with Crippen molar-refractivity contribution in [1.29, 1.82) is 0 Å². The summed E-state index contributed by atoms with van der Waals surface area (Å²) >= 11 is 4.19. The smallest absolute Gasteiger partial charge is 0.326 e. The fraction of sp³-hybridized carbons (Fsp3) is 0.276. The van der Waals surface area contributed by atoms with E-state index in [0.29, 0.717) is 5.69 Å². The van der Waals surface area contributed by atoms with Gasteiger partial charge in [0, 0.05) is 47.6 Å². The Morgan fingerprint density at radius 2 is 1.50 bits per heavy atom. The fourth-order valence-electron chi connectivity index (χ4n) is 4.52. The Morgan fingerprint density at radius 3 is 2.19 bits per heavy atom. The van der Waals surface area contributed by atoms with E-state index in [1.165, 1.54) is 12.5 Å². The number of benzene rings is 2. The second-order valence-corrected chi connectivity index (χ2v) is 10.2. The average Bonchev–Trinajstić information content (AvgIpc) is 3.65. The first-order chi connectivity index (χ1) is 20.2. The highest BCUT2D eigenvalue weighted by Crippen LogP contribution is 2.19. The number of carbonyl (C=O) groups is 4. The molecule has 0 saturated carbocycles. The summed E-state index contributed by atoms with van der Waals surface area (Å²) in [5.41, 5.74) is 9.31. The van der Waals surface area contributed by atoms with Gasteiger partial charge in [0.1, 0.15) is 18.1 Å². The van der Waals surface area contributed by atoms with E-state index in [1.54, 1.807) is 36.5 Å². The van der Waals surface area contributed by atoms with E-state index >= 15 is 0 Å². The lowest BCUT2D eigenvalue weighted by atomic mass is 10.0. The van der Waals surface area contributed by atoms with E-state index in [4.69, 9.17) is 5.73 Å². The standard InChI is InChI=1S/C29H33N7O5S/c30-21(11-18-13-32-22-9-5-4-8-20(18)22)26(37)34-23(12-19-14-31-16-33-19)27(38)36-25(15-42)28(39)35-24(29(40)41)10-17-6-2-1-3-7-17/h1-9,13-14,16,21,23-25,32,42H,10-12,15,30H2,(H,31,33)(H,34,37)(H,35,39)(H,36,38)(H,40,41). The van der Waals surface area contributed by atoms with E-state index in [0.717, 1.165) is 22.0 Å². The molecule has 0 saturated heterocycles. The average molecular weight is 592 g/mol. The molecule has 0 aliphatic heterocycles. The predicted molar refractivity (Wildman–Crippen MR) is 160 cm³/mol. The largest absolute Gasteiger partial charge is 0.480 e. The maximum Gasteiger partial charge on any atom is 0.326 e. The third kappa shape index (κ3) is 7.98. The highest BCUT2D eigenvalue weighted by molar-refractivity contribution is 7.80. The van der Waals surface area contributed by atoms with Crippen molar-refractivity contribution >= 4 is 47.2 Å². The van der Waals surface area contributed by atoms with Crippen LogP contribution in [0, 0.1) is 0 Å². The zero-order chi connectivity index (χ0) is 30.1. The van der Waals surface area contributed by atoms with E-state index < -0.39 is 47.9 Å². The molecule has 2 heterocycles. The van der Waals surface area contributed by atoms with Crippen molar-refractivity contribution in [3.63, 3.8) is 0 Å². The number of rotatable bonds is 14. The minimum absolute atomic E-state index is 0.0457. The number of amides is 3. The van der Waals surface area contributed by atoms with Crippen LogP contribution >= 0.6 is 12.6 Å². The van der Waals surface area contributed by atoms with Gasteiger partial charge in [0.15, 0.2) is 0 Å². The number of nitrogens with zero attached hydrogens (tertiary/aromatic N) is 1. The Balaban J connectivity index is 1.42. The van der Waals surface area contributed by atoms with Gasteiger partial charge in [-0.2, -0.15) is 12.6 Å². The molecule has 0 aliphatic rings. The molecule has 0 bridgehead atoms. The summed E-state index contributed by atoms with van der Waals surface area (Å²) in [6, 6.07) is 12.0. The molecule has 3 amide bonds. The monoisotopic (exact) mass is 591 g/mol. The fourth-order valence-corrected chi connectivity index (χ4v) is 4.78. The number of thiol groups is 1. The maximum atomic E-state index is 13.4. The van der Waals surface area contributed by atoms with Crippen molar-refractivity contribution in [1.82, 2.24) is 30.9 Å². The third-order valence-corrected chi connectivity index (χ3v) is 7.14. The van der Waals surface area contributed by atoms with Crippen LogP contribution in [0.25, 0.3) is 10.9 Å². The van der Waals surface area contributed by atoms with E-state index in [9.17, 15) is 24.3 Å². The molecular formula is C29H33N7O5S. The van der Waals surface area contributed by atoms with Gasteiger partial charge < -0.3 is 36.8 Å². The number of carboxylic acids is 1. The molecule has 4 atom stereocenters. The van der Waals surface area contributed by atoms with Crippen LogP contribution in [-0.4, -0.2) is 73.7 Å². The number of carbonyl (C=O) groups excluding carboxylic acids is 3. The summed E-state index contributed by atoms with van der Waals surface area (Å²) in [7, 11) is 0. The zero-order valence-electron chi connectivity index (χ0n) is 22.6. The van der Waals surface area contributed by atoms with Crippen molar-refractivity contribution in [3.05, 3.63) is 90.1 Å². The minimum Gasteiger partial charge on any atom is -0.480 e. The number of H-pyrrole nitrogens is 2. The topological polar surface area (TPSA) is 195 Å². The van der Waals surface area contributed by atoms with Crippen molar-refractivity contribution in [2.24, 2.45) is 5.73 Å². The molecule has 13 heteroatoms. The molecule has 4 unspecified atom stereocenters. The Kier molecular flexibility index (Phi) is 10.3. The number of fused-ring (bicyclic) bond motifs is 1. The molecule has 220 valence electrons. The first kappa shape index (κ1) is 30.3. The predicted octanol–water partition coefficient (Wildman–Crippen LogP) is 0.715. The van der Waals surface area contributed by atoms with E-state index in [2.05, 4.69) is 43.5 Å². The number of para-hydroxylation sites is 1. The highest BCUT2D eigenvalue weighted by atomic mass is 32.1. The molecule has 12 nitrogen and oxygen atoms in total. The van der Waals surface area contributed by atoms with Crippen LogP contribution in [0.5, 0.6) is 0 Å². The number of hydrogen-bond donors (Lipinski definition) is 8. The summed E-state index contributed by atoms with van der Waals surface area (Å²) in [5.74, 6) is -3.27. The number of carboxylic acid groups (broad SMARTS) is 1. The lowest BCUT2D eigenvalue weighted by Crippen LogP contribution is -2.58. The first-order valence-corrected chi connectivity index (χ1v) is 13.9. The number of hydrogen-bond acceptors (Lipinski definition) is 7. The molecule has 0 radical (unpaired) electrons. The van der Waals surface area contributed by atoms with Crippen molar-refractivity contribution in [2.45, 2.75) is 43.4 Å². The van der Waals surface area contributed by atoms with Gasteiger partial charge in [0.05, 0.1) is 12.4 Å². The van der Waals surface area contributed by atoms with Crippen molar-refractivity contribution in [3.8, 4) is 0 Å². The first-order valence-electron chi connectivity index (χ1n) is 13.3. The van der Waals surface area contributed by atoms with Crippen LogP contribution < -0.4 is 21.7 Å². The number of nitrogens with two attached hydrogens (primary N) is 1. The molecule has 4 rings (SSSR count). The van der Waals surface area contributed by atoms with Crippen LogP contribution in [0.4, 0.5) is 0 Å². The number of imidazole rings is 1. The summed E-state index contributed by atoms with van der Waals surface area (Å²) in [6.07, 6.45) is 5.09. The Labute approximate surface area is 247 Å².